The fraction of sp³-hybridized carbons (Fsp3) is 0.130. The van der Waals surface area contributed by atoms with E-state index >= 15 is 0 Å². The molecule has 5 rings (SSSR count). The Labute approximate surface area is 191 Å². The van der Waals surface area contributed by atoms with E-state index < -0.39 is 16.3 Å². The number of carbonyl (C=O) groups excluding carboxylic acids is 3. The summed E-state index contributed by atoms with van der Waals surface area (Å²) in [5, 5.41) is 15.0. The Kier molecular flexibility index (Phi) is 5.14. The second kappa shape index (κ2) is 8.14. The van der Waals surface area contributed by atoms with E-state index in [1.165, 1.54) is 12.1 Å². The lowest BCUT2D eigenvalue weighted by atomic mass is 10.1. The van der Waals surface area contributed by atoms with Crippen LogP contribution in [-0.2, 0) is 11.2 Å². The molecular weight excluding hydrogens is 446 g/mol. The van der Waals surface area contributed by atoms with Crippen LogP contribution >= 0.6 is 11.8 Å². The number of imide groups is 1. The first-order valence-corrected chi connectivity index (χ1v) is 10.9. The number of oxazole rings is 1. The minimum absolute atomic E-state index is 0.0231. The summed E-state index contributed by atoms with van der Waals surface area (Å²) in [7, 11) is 1.62. The molecule has 10 heteroatoms. The maximum atomic E-state index is 13.2. The molecular formula is C23H17N3O6S. The molecule has 3 heterocycles. The maximum absolute atomic E-state index is 13.2. The third-order valence-electron chi connectivity index (χ3n) is 5.16. The molecule has 33 heavy (non-hydrogen) atoms. The minimum Gasteiger partial charge on any atom is -0.504 e. The predicted molar refractivity (Wildman–Crippen MR) is 121 cm³/mol. The fourth-order valence-corrected chi connectivity index (χ4v) is 4.49. The van der Waals surface area contributed by atoms with Gasteiger partial charge in [-0.2, -0.15) is 0 Å². The molecule has 1 unspecified atom stereocenters. The van der Waals surface area contributed by atoms with Crippen molar-refractivity contribution < 1.29 is 28.3 Å². The molecule has 0 spiro atoms. The standard InChI is InChI=1S/C23H17N3O6S/c1-24-22-17(25-21(32-22)12-5-3-2-4-6-12)18(28)15-10-13-7-11(8-14(27)19(13)31-15)9-16-20(29)26-23(30)33-16/h2-8,10,16,24,27H,9H2,1H3,(H,26,29,30). The number of furan rings is 1. The number of anilines is 1. The van der Waals surface area contributed by atoms with Gasteiger partial charge in [0.05, 0.1) is 5.25 Å². The number of rotatable bonds is 6. The molecule has 1 saturated heterocycles. The van der Waals surface area contributed by atoms with Gasteiger partial charge in [0, 0.05) is 18.0 Å². The van der Waals surface area contributed by atoms with Gasteiger partial charge in [-0.15, -0.1) is 0 Å². The number of phenolic OH excluding ortho intramolecular Hbond substituents is 1. The van der Waals surface area contributed by atoms with Crippen LogP contribution in [0.3, 0.4) is 0 Å². The summed E-state index contributed by atoms with van der Waals surface area (Å²) in [5.74, 6) is -0.601. The molecule has 1 fully saturated rings. The van der Waals surface area contributed by atoms with E-state index in [-0.39, 0.29) is 46.9 Å². The number of phenols is 1. The monoisotopic (exact) mass is 463 g/mol. The topological polar surface area (TPSA) is 135 Å². The molecule has 0 aliphatic carbocycles. The number of aromatic hydroxyl groups is 1. The maximum Gasteiger partial charge on any atom is 0.286 e. The van der Waals surface area contributed by atoms with Crippen LogP contribution in [0.1, 0.15) is 21.8 Å². The Bertz CT molecular complexity index is 1410. The molecule has 4 aromatic rings. The van der Waals surface area contributed by atoms with Gasteiger partial charge >= 0.3 is 0 Å². The Morgan fingerprint density at radius 2 is 1.97 bits per heavy atom. The van der Waals surface area contributed by atoms with Crippen LogP contribution < -0.4 is 10.6 Å². The second-order valence-corrected chi connectivity index (χ2v) is 8.55. The first-order chi connectivity index (χ1) is 15.9. The van der Waals surface area contributed by atoms with Gasteiger partial charge in [-0.25, -0.2) is 4.98 Å². The normalized spacial score (nSPS) is 15.7. The molecule has 0 bridgehead atoms. The fourth-order valence-electron chi connectivity index (χ4n) is 3.63. The van der Waals surface area contributed by atoms with Crippen molar-refractivity contribution in [3.8, 4) is 17.2 Å². The van der Waals surface area contributed by atoms with Gasteiger partial charge in [0.2, 0.25) is 17.7 Å². The SMILES string of the molecule is CNc1oc(-c2ccccc2)nc1C(=O)c1cc2cc(CC3SC(=O)NC3=O)cc(O)c2o1. The molecule has 1 aliphatic heterocycles. The van der Waals surface area contributed by atoms with E-state index in [9.17, 15) is 19.5 Å². The number of hydrogen-bond donors (Lipinski definition) is 3. The number of ketones is 1. The highest BCUT2D eigenvalue weighted by Crippen LogP contribution is 2.34. The Morgan fingerprint density at radius 1 is 1.18 bits per heavy atom. The zero-order valence-electron chi connectivity index (χ0n) is 17.2. The van der Waals surface area contributed by atoms with Crippen LogP contribution in [0, 0.1) is 0 Å². The summed E-state index contributed by atoms with van der Waals surface area (Å²) >= 11 is 0.907. The van der Waals surface area contributed by atoms with Crippen LogP contribution in [0.15, 0.2) is 57.4 Å². The lowest BCUT2D eigenvalue weighted by Gasteiger charge is -2.06. The van der Waals surface area contributed by atoms with Crippen molar-refractivity contribution in [1.29, 1.82) is 0 Å². The zero-order valence-corrected chi connectivity index (χ0v) is 18.1. The molecule has 2 amide bonds. The Morgan fingerprint density at radius 3 is 2.67 bits per heavy atom. The number of carbonyl (C=O) groups is 3. The summed E-state index contributed by atoms with van der Waals surface area (Å²) in [5.41, 5.74) is 1.53. The highest BCUT2D eigenvalue weighted by molar-refractivity contribution is 8.15. The molecule has 2 aromatic carbocycles. The average molecular weight is 463 g/mol. The second-order valence-electron chi connectivity index (χ2n) is 7.37. The predicted octanol–water partition coefficient (Wildman–Crippen LogP) is 3.96. The first-order valence-electron chi connectivity index (χ1n) is 9.98. The largest absolute Gasteiger partial charge is 0.504 e. The smallest absolute Gasteiger partial charge is 0.286 e. The number of hydrogen-bond acceptors (Lipinski definition) is 9. The van der Waals surface area contributed by atoms with E-state index in [4.69, 9.17) is 8.83 Å². The highest BCUT2D eigenvalue weighted by atomic mass is 32.2. The van der Waals surface area contributed by atoms with E-state index in [1.807, 2.05) is 30.3 Å². The number of aromatic nitrogens is 1. The summed E-state index contributed by atoms with van der Waals surface area (Å²) in [4.78, 5) is 40.8. The van der Waals surface area contributed by atoms with Crippen molar-refractivity contribution in [1.82, 2.24) is 10.3 Å². The van der Waals surface area contributed by atoms with Gasteiger partial charge < -0.3 is 19.3 Å². The number of benzene rings is 2. The van der Waals surface area contributed by atoms with Crippen molar-refractivity contribution in [2.45, 2.75) is 11.7 Å². The third kappa shape index (κ3) is 3.85. The van der Waals surface area contributed by atoms with Gasteiger partial charge in [0.15, 0.2) is 22.8 Å². The van der Waals surface area contributed by atoms with Crippen LogP contribution in [-0.4, -0.2) is 39.3 Å². The molecule has 0 saturated carbocycles. The lowest BCUT2D eigenvalue weighted by Crippen LogP contribution is -2.25. The summed E-state index contributed by atoms with van der Waals surface area (Å²) < 4.78 is 11.3. The van der Waals surface area contributed by atoms with Gasteiger partial charge in [-0.3, -0.25) is 19.7 Å². The summed E-state index contributed by atoms with van der Waals surface area (Å²) in [6.07, 6.45) is 0.244. The first kappa shape index (κ1) is 20.8. The molecule has 2 aromatic heterocycles. The van der Waals surface area contributed by atoms with E-state index in [0.29, 0.717) is 16.5 Å². The van der Waals surface area contributed by atoms with Gasteiger partial charge in [0.1, 0.15) is 0 Å². The molecule has 9 nitrogen and oxygen atoms in total. The van der Waals surface area contributed by atoms with E-state index in [0.717, 1.165) is 11.8 Å². The van der Waals surface area contributed by atoms with Crippen LogP contribution in [0.2, 0.25) is 0 Å². The van der Waals surface area contributed by atoms with Gasteiger partial charge in [-0.05, 0) is 42.3 Å². The average Bonchev–Trinajstić information content (AvgIpc) is 3.51. The quantitative estimate of drug-likeness (QED) is 0.363. The van der Waals surface area contributed by atoms with Crippen molar-refractivity contribution in [2.24, 2.45) is 0 Å². The Balaban J connectivity index is 1.47. The minimum atomic E-state index is -0.577. The van der Waals surface area contributed by atoms with Crippen molar-refractivity contribution in [3.05, 3.63) is 65.5 Å². The number of nitrogens with one attached hydrogen (secondary N) is 2. The van der Waals surface area contributed by atoms with Crippen LogP contribution in [0.5, 0.6) is 5.75 Å². The molecule has 3 N–H and O–H groups in total. The summed E-state index contributed by atoms with van der Waals surface area (Å²) in [6, 6.07) is 13.8. The molecule has 166 valence electrons. The van der Waals surface area contributed by atoms with E-state index in [2.05, 4.69) is 15.6 Å². The zero-order chi connectivity index (χ0) is 23.1. The van der Waals surface area contributed by atoms with Crippen molar-refractivity contribution in [3.63, 3.8) is 0 Å². The summed E-state index contributed by atoms with van der Waals surface area (Å²) in [6.45, 7) is 0. The lowest BCUT2D eigenvalue weighted by molar-refractivity contribution is -0.118. The van der Waals surface area contributed by atoms with Gasteiger partial charge in [-0.1, -0.05) is 30.0 Å². The number of thioether (sulfide) groups is 1. The molecule has 1 atom stereocenters. The number of nitrogens with zero attached hydrogens (tertiary/aromatic N) is 1. The highest BCUT2D eigenvalue weighted by Gasteiger charge is 2.32. The van der Waals surface area contributed by atoms with Crippen LogP contribution in [0.25, 0.3) is 22.4 Å². The third-order valence-corrected chi connectivity index (χ3v) is 6.14. The number of fused-ring (bicyclic) bond motifs is 1. The van der Waals surface area contributed by atoms with Gasteiger partial charge in [0.25, 0.3) is 11.0 Å². The van der Waals surface area contributed by atoms with Crippen molar-refractivity contribution in [2.75, 3.05) is 12.4 Å². The van der Waals surface area contributed by atoms with E-state index in [1.54, 1.807) is 13.1 Å². The van der Waals surface area contributed by atoms with Crippen LogP contribution in [0.4, 0.5) is 10.7 Å². The van der Waals surface area contributed by atoms with Crippen molar-refractivity contribution >= 4 is 45.5 Å². The Hall–Kier alpha value is -4.05. The molecule has 0 radical (unpaired) electrons. The molecule has 1 aliphatic rings. The number of amides is 2.